The van der Waals surface area contributed by atoms with E-state index < -0.39 is 11.8 Å². The molecule has 1 saturated heterocycles. The highest BCUT2D eigenvalue weighted by molar-refractivity contribution is 6.41. The van der Waals surface area contributed by atoms with Crippen molar-refractivity contribution < 1.29 is 9.90 Å². The van der Waals surface area contributed by atoms with Crippen LogP contribution in [0.15, 0.2) is 23.1 Å². The van der Waals surface area contributed by atoms with Crippen molar-refractivity contribution in [2.75, 3.05) is 24.5 Å². The van der Waals surface area contributed by atoms with E-state index in [9.17, 15) is 14.7 Å². The number of rotatable bonds is 3. The highest BCUT2D eigenvalue weighted by Gasteiger charge is 2.30. The predicted octanol–water partition coefficient (Wildman–Crippen LogP) is 4.10. The minimum atomic E-state index is -0.972. The fourth-order valence-electron chi connectivity index (χ4n) is 4.25. The van der Waals surface area contributed by atoms with E-state index in [2.05, 4.69) is 15.0 Å². The molecule has 4 rings (SSSR count). The van der Waals surface area contributed by atoms with E-state index in [1.807, 2.05) is 38.7 Å². The van der Waals surface area contributed by atoms with Crippen LogP contribution in [-0.2, 0) is 0 Å². The molecule has 0 unspecified atom stereocenters. The van der Waals surface area contributed by atoms with Crippen LogP contribution in [0.4, 0.5) is 10.6 Å². The fraction of sp³-hybridized carbons (Fsp3) is 0.409. The van der Waals surface area contributed by atoms with Gasteiger partial charge in [0.2, 0.25) is 0 Å². The number of hydrogen-bond acceptors (Lipinski definition) is 6. The average molecular weight is 491 g/mol. The molecular weight excluding hydrogens is 467 g/mol. The molecule has 0 radical (unpaired) electrons. The average Bonchev–Trinajstić information content (AvgIpc) is 2.74. The largest absolute Gasteiger partial charge is 0.465 e. The smallest absolute Gasteiger partial charge is 0.407 e. The number of halogens is 2. The molecule has 0 spiro atoms. The zero-order chi connectivity index (χ0) is 24.0. The van der Waals surface area contributed by atoms with Crippen molar-refractivity contribution in [1.82, 2.24) is 24.4 Å². The number of amides is 1. The van der Waals surface area contributed by atoms with Crippen LogP contribution < -0.4 is 10.6 Å². The Hall–Kier alpha value is -2.91. The van der Waals surface area contributed by atoms with Gasteiger partial charge in [0, 0.05) is 31.9 Å². The summed E-state index contributed by atoms with van der Waals surface area (Å²) in [5, 5.41) is 10.3. The molecule has 0 bridgehead atoms. The lowest BCUT2D eigenvalue weighted by atomic mass is 10.0. The van der Waals surface area contributed by atoms with Crippen molar-refractivity contribution in [2.24, 2.45) is 0 Å². The van der Waals surface area contributed by atoms with Crippen LogP contribution in [0.3, 0.4) is 0 Å². The van der Waals surface area contributed by atoms with E-state index >= 15 is 0 Å². The summed E-state index contributed by atoms with van der Waals surface area (Å²) < 4.78 is 1.44. The van der Waals surface area contributed by atoms with E-state index in [0.717, 1.165) is 11.3 Å². The first-order valence-corrected chi connectivity index (χ1v) is 11.3. The van der Waals surface area contributed by atoms with Crippen LogP contribution in [0.2, 0.25) is 10.2 Å². The van der Waals surface area contributed by atoms with Gasteiger partial charge in [-0.05, 0) is 37.5 Å². The Balaban J connectivity index is 1.98. The minimum absolute atomic E-state index is 0.0502. The maximum Gasteiger partial charge on any atom is 0.407 e. The summed E-state index contributed by atoms with van der Waals surface area (Å²) in [5.74, 6) is 0.455. The Labute approximate surface area is 200 Å². The molecule has 0 aromatic carbocycles. The van der Waals surface area contributed by atoms with E-state index in [4.69, 9.17) is 23.2 Å². The zero-order valence-corrected chi connectivity index (χ0v) is 20.2. The SMILES string of the molecule is Cc1ccnc(C(C)C)c1-n1c(=O)nc(N2CCN(C(=O)O)[C@H](C)C2)c2cc(Cl)c(Cl)nc21. The van der Waals surface area contributed by atoms with E-state index in [-0.39, 0.29) is 28.7 Å². The van der Waals surface area contributed by atoms with Gasteiger partial charge in [-0.2, -0.15) is 4.98 Å². The second-order valence-electron chi connectivity index (χ2n) is 8.47. The predicted molar refractivity (Wildman–Crippen MR) is 128 cm³/mol. The van der Waals surface area contributed by atoms with Crippen LogP contribution in [0, 0.1) is 6.92 Å². The maximum absolute atomic E-state index is 13.5. The van der Waals surface area contributed by atoms with Crippen molar-refractivity contribution >= 4 is 46.1 Å². The Morgan fingerprint density at radius 2 is 1.97 bits per heavy atom. The molecule has 174 valence electrons. The molecule has 1 fully saturated rings. The monoisotopic (exact) mass is 490 g/mol. The number of carbonyl (C=O) groups is 1. The molecule has 1 amide bonds. The molecule has 33 heavy (non-hydrogen) atoms. The summed E-state index contributed by atoms with van der Waals surface area (Å²) in [5.41, 5.74) is 2.02. The van der Waals surface area contributed by atoms with Gasteiger partial charge in [0.25, 0.3) is 0 Å². The van der Waals surface area contributed by atoms with E-state index in [1.165, 1.54) is 9.47 Å². The van der Waals surface area contributed by atoms with Gasteiger partial charge >= 0.3 is 11.8 Å². The number of hydrogen-bond donors (Lipinski definition) is 1. The molecule has 3 aromatic heterocycles. The zero-order valence-electron chi connectivity index (χ0n) is 18.7. The highest BCUT2D eigenvalue weighted by Crippen LogP contribution is 2.33. The molecule has 4 heterocycles. The standard InChI is InChI=1S/C22H24Cl2N6O3/c1-11(2)16-17(12(3)5-6-25-16)30-20-14(9-15(23)18(24)26-20)19(27-21(30)31)28-7-8-29(22(32)33)13(4)10-28/h5-6,9,11,13H,7-8,10H2,1-4H3,(H,32,33)/t13-/m1/s1. The molecule has 3 aromatic rings. The van der Waals surface area contributed by atoms with Crippen molar-refractivity contribution in [2.45, 2.75) is 39.7 Å². The summed E-state index contributed by atoms with van der Waals surface area (Å²) in [6.45, 7) is 8.77. The minimum Gasteiger partial charge on any atom is -0.465 e. The van der Waals surface area contributed by atoms with Gasteiger partial charge in [-0.25, -0.2) is 19.1 Å². The fourth-order valence-corrected chi connectivity index (χ4v) is 4.53. The second-order valence-corrected chi connectivity index (χ2v) is 9.24. The van der Waals surface area contributed by atoms with E-state index in [1.54, 1.807) is 12.3 Å². The number of piperazine rings is 1. The lowest BCUT2D eigenvalue weighted by Crippen LogP contribution is -2.54. The molecule has 11 heteroatoms. The third kappa shape index (κ3) is 4.11. The third-order valence-corrected chi connectivity index (χ3v) is 6.53. The molecule has 9 nitrogen and oxygen atoms in total. The number of carboxylic acid groups (broad SMARTS) is 1. The first kappa shape index (κ1) is 23.3. The van der Waals surface area contributed by atoms with Crippen molar-refractivity contribution in [3.8, 4) is 5.69 Å². The summed E-state index contributed by atoms with van der Waals surface area (Å²) >= 11 is 12.6. The lowest BCUT2D eigenvalue weighted by molar-refractivity contribution is 0.122. The Kier molecular flexibility index (Phi) is 6.20. The quantitative estimate of drug-likeness (QED) is 0.550. The number of nitrogens with zero attached hydrogens (tertiary/aromatic N) is 6. The van der Waals surface area contributed by atoms with E-state index in [0.29, 0.717) is 35.6 Å². The molecule has 0 aliphatic carbocycles. The second kappa shape index (κ2) is 8.79. The molecule has 1 N–H and O–H groups in total. The topological polar surface area (TPSA) is 104 Å². The molecule has 1 aliphatic heterocycles. The Morgan fingerprint density at radius 3 is 2.61 bits per heavy atom. The van der Waals surface area contributed by atoms with Gasteiger partial charge in [-0.3, -0.25) is 4.98 Å². The number of aromatic nitrogens is 4. The summed E-state index contributed by atoms with van der Waals surface area (Å²) in [6, 6.07) is 3.20. The molecule has 0 saturated carbocycles. The van der Waals surface area contributed by atoms with Gasteiger partial charge in [0.15, 0.2) is 5.65 Å². The van der Waals surface area contributed by atoms with Crippen LogP contribution in [0.5, 0.6) is 0 Å². The lowest BCUT2D eigenvalue weighted by Gasteiger charge is -2.39. The van der Waals surface area contributed by atoms with Gasteiger partial charge in [0.1, 0.15) is 11.0 Å². The highest BCUT2D eigenvalue weighted by atomic mass is 35.5. The van der Waals surface area contributed by atoms with Crippen LogP contribution in [0.1, 0.15) is 37.9 Å². The first-order valence-electron chi connectivity index (χ1n) is 10.6. The molecular formula is C22H24Cl2N6O3. The number of fused-ring (bicyclic) bond motifs is 1. The summed E-state index contributed by atoms with van der Waals surface area (Å²) in [6.07, 6.45) is 0.740. The van der Waals surface area contributed by atoms with Crippen molar-refractivity contribution in [3.63, 3.8) is 0 Å². The molecule has 1 atom stereocenters. The number of pyridine rings is 2. The van der Waals surface area contributed by atoms with Gasteiger partial charge in [-0.15, -0.1) is 0 Å². The Bertz CT molecular complexity index is 1310. The number of aryl methyl sites for hydroxylation is 1. The number of anilines is 1. The summed E-state index contributed by atoms with van der Waals surface area (Å²) in [7, 11) is 0. The van der Waals surface area contributed by atoms with Gasteiger partial charge in [-0.1, -0.05) is 37.0 Å². The van der Waals surface area contributed by atoms with Crippen LogP contribution >= 0.6 is 23.2 Å². The maximum atomic E-state index is 13.5. The Morgan fingerprint density at radius 1 is 1.24 bits per heavy atom. The van der Waals surface area contributed by atoms with Gasteiger partial charge < -0.3 is 14.9 Å². The normalized spacial score (nSPS) is 16.6. The van der Waals surface area contributed by atoms with Crippen LogP contribution in [0.25, 0.3) is 16.7 Å². The van der Waals surface area contributed by atoms with Gasteiger partial charge in [0.05, 0.1) is 21.8 Å². The van der Waals surface area contributed by atoms with Crippen molar-refractivity contribution in [1.29, 1.82) is 0 Å². The molecule has 1 aliphatic rings. The summed E-state index contributed by atoms with van der Waals surface area (Å²) in [4.78, 5) is 41.6. The van der Waals surface area contributed by atoms with Crippen LogP contribution in [-0.4, -0.2) is 61.3 Å². The van der Waals surface area contributed by atoms with Crippen molar-refractivity contribution in [3.05, 3.63) is 50.2 Å². The first-order chi connectivity index (χ1) is 15.6. The third-order valence-electron chi connectivity index (χ3n) is 5.86.